The Balaban J connectivity index is 1.86. The van der Waals surface area contributed by atoms with Crippen molar-refractivity contribution in [3.8, 4) is 0 Å². The lowest BCUT2D eigenvalue weighted by atomic mass is 10.1. The molecule has 0 spiro atoms. The van der Waals surface area contributed by atoms with Crippen molar-refractivity contribution in [3.63, 3.8) is 0 Å². The van der Waals surface area contributed by atoms with E-state index in [1.165, 1.54) is 0 Å². The maximum absolute atomic E-state index is 12.4. The maximum atomic E-state index is 12.4. The molecule has 1 saturated heterocycles. The molecule has 7 heteroatoms. The van der Waals surface area contributed by atoms with E-state index in [9.17, 15) is 9.90 Å². The first-order valence-corrected chi connectivity index (χ1v) is 11.2. The van der Waals surface area contributed by atoms with Crippen LogP contribution in [0.2, 0.25) is 0 Å². The van der Waals surface area contributed by atoms with E-state index in [0.717, 1.165) is 16.8 Å². The number of benzene rings is 1. The molecular formula is C22H33N3O3S. The number of aliphatic hydroxyl groups is 1. The van der Waals surface area contributed by atoms with Gasteiger partial charge < -0.3 is 20.1 Å². The van der Waals surface area contributed by atoms with Crippen LogP contribution in [0.15, 0.2) is 35.0 Å². The van der Waals surface area contributed by atoms with Crippen molar-refractivity contribution < 1.29 is 14.6 Å². The average molecular weight is 420 g/mol. The van der Waals surface area contributed by atoms with Gasteiger partial charge in [0.2, 0.25) is 0 Å². The number of hydrogen-bond acceptors (Lipinski definition) is 6. The quantitative estimate of drug-likeness (QED) is 0.518. The normalized spacial score (nSPS) is 20.5. The highest BCUT2D eigenvalue weighted by molar-refractivity contribution is 8.11. The summed E-state index contributed by atoms with van der Waals surface area (Å²) < 4.78 is 5.47. The number of amides is 1. The zero-order valence-electron chi connectivity index (χ0n) is 18.0. The molecule has 29 heavy (non-hydrogen) atoms. The molecule has 1 unspecified atom stereocenters. The van der Waals surface area contributed by atoms with Crippen LogP contribution in [0.25, 0.3) is 6.08 Å². The first kappa shape index (κ1) is 23.4. The third-order valence-corrected chi connectivity index (χ3v) is 4.76. The minimum absolute atomic E-state index is 0.0704. The minimum Gasteiger partial charge on any atom is -0.444 e. The standard InChI is InChI=1S/C22H33N3O3S/c1-16(24-15-29-5)10-17-6-8-18(9-7-17)12-23-13-19-11-20(26)14-25(19)21(27)28-22(2,3)4/h6-10,15,19-20,23,26H,11-14H2,1-5H3/b16-10+,24-15?/t19?,20-/m1/s1. The summed E-state index contributed by atoms with van der Waals surface area (Å²) in [6.45, 7) is 9.15. The lowest BCUT2D eigenvalue weighted by molar-refractivity contribution is 0.0208. The van der Waals surface area contributed by atoms with Gasteiger partial charge in [0.1, 0.15) is 5.60 Å². The van der Waals surface area contributed by atoms with E-state index in [4.69, 9.17) is 4.74 Å². The van der Waals surface area contributed by atoms with Crippen molar-refractivity contribution in [1.82, 2.24) is 10.2 Å². The van der Waals surface area contributed by atoms with E-state index < -0.39 is 11.7 Å². The van der Waals surface area contributed by atoms with E-state index in [1.54, 1.807) is 16.7 Å². The molecule has 6 nitrogen and oxygen atoms in total. The van der Waals surface area contributed by atoms with Gasteiger partial charge >= 0.3 is 6.09 Å². The number of carbonyl (C=O) groups is 1. The van der Waals surface area contributed by atoms with Gasteiger partial charge in [0.25, 0.3) is 0 Å². The number of allylic oxidation sites excluding steroid dienone is 1. The van der Waals surface area contributed by atoms with Gasteiger partial charge in [-0.25, -0.2) is 4.79 Å². The summed E-state index contributed by atoms with van der Waals surface area (Å²) in [7, 11) is 0. The summed E-state index contributed by atoms with van der Waals surface area (Å²) in [5, 5.41) is 13.4. The van der Waals surface area contributed by atoms with Crippen molar-refractivity contribution in [2.75, 3.05) is 19.3 Å². The molecular weight excluding hydrogens is 386 g/mol. The third-order valence-electron chi connectivity index (χ3n) is 4.45. The summed E-state index contributed by atoms with van der Waals surface area (Å²) in [5.74, 6) is 0. The van der Waals surface area contributed by atoms with Gasteiger partial charge in [0, 0.05) is 18.8 Å². The molecule has 2 N–H and O–H groups in total. The molecule has 0 bridgehead atoms. The number of likely N-dealkylation sites (tertiary alicyclic amines) is 1. The SMILES string of the molecule is CSC=N/C(C)=C/c1ccc(CNCC2C[C@@H](O)CN2C(=O)OC(C)(C)C)cc1. The maximum Gasteiger partial charge on any atom is 0.410 e. The second-order valence-corrected chi connectivity index (χ2v) is 8.99. The number of rotatable bonds is 7. The highest BCUT2D eigenvalue weighted by Gasteiger charge is 2.36. The number of nitrogens with one attached hydrogen (secondary N) is 1. The van der Waals surface area contributed by atoms with Crippen LogP contribution in [0.4, 0.5) is 4.79 Å². The summed E-state index contributed by atoms with van der Waals surface area (Å²) in [6, 6.07) is 8.24. The Morgan fingerprint density at radius 2 is 2.07 bits per heavy atom. The number of ether oxygens (including phenoxy) is 1. The molecule has 1 aliphatic rings. The van der Waals surface area contributed by atoms with Crippen molar-refractivity contribution in [2.45, 2.75) is 58.4 Å². The minimum atomic E-state index is -0.544. The Bertz CT molecular complexity index is 726. The molecule has 2 atom stereocenters. The van der Waals surface area contributed by atoms with Crippen LogP contribution in [0.5, 0.6) is 0 Å². The Morgan fingerprint density at radius 1 is 1.38 bits per heavy atom. The van der Waals surface area contributed by atoms with Crippen LogP contribution < -0.4 is 5.32 Å². The van der Waals surface area contributed by atoms with Crippen molar-refractivity contribution >= 4 is 29.5 Å². The summed E-state index contributed by atoms with van der Waals surface area (Å²) >= 11 is 1.58. The Hall–Kier alpha value is -1.83. The first-order chi connectivity index (χ1) is 13.7. The number of carbonyl (C=O) groups excluding carboxylic acids is 1. The molecule has 1 amide bonds. The molecule has 1 heterocycles. The largest absolute Gasteiger partial charge is 0.444 e. The molecule has 1 aromatic rings. The predicted molar refractivity (Wildman–Crippen MR) is 121 cm³/mol. The van der Waals surface area contributed by atoms with E-state index in [1.807, 2.05) is 45.6 Å². The third kappa shape index (κ3) is 8.20. The van der Waals surface area contributed by atoms with Crippen LogP contribution in [-0.4, -0.2) is 58.7 Å². The van der Waals surface area contributed by atoms with E-state index in [-0.39, 0.29) is 12.1 Å². The van der Waals surface area contributed by atoms with Gasteiger partial charge in [0.15, 0.2) is 0 Å². The van der Waals surface area contributed by atoms with Crippen LogP contribution in [0.1, 0.15) is 45.2 Å². The van der Waals surface area contributed by atoms with Crippen LogP contribution in [0.3, 0.4) is 0 Å². The number of thioether (sulfide) groups is 1. The van der Waals surface area contributed by atoms with Crippen molar-refractivity contribution in [2.24, 2.45) is 4.99 Å². The molecule has 2 rings (SSSR count). The smallest absolute Gasteiger partial charge is 0.410 e. The lowest BCUT2D eigenvalue weighted by Crippen LogP contribution is -2.44. The number of hydrogen-bond donors (Lipinski definition) is 2. The summed E-state index contributed by atoms with van der Waals surface area (Å²) in [6.07, 6.45) is 3.72. The molecule has 1 fully saturated rings. The zero-order valence-corrected chi connectivity index (χ0v) is 18.8. The van der Waals surface area contributed by atoms with E-state index >= 15 is 0 Å². The van der Waals surface area contributed by atoms with E-state index in [0.29, 0.717) is 26.1 Å². The number of aliphatic hydroxyl groups excluding tert-OH is 1. The Morgan fingerprint density at radius 3 is 2.69 bits per heavy atom. The van der Waals surface area contributed by atoms with E-state index in [2.05, 4.69) is 34.6 Å². The lowest BCUT2D eigenvalue weighted by Gasteiger charge is -2.28. The van der Waals surface area contributed by atoms with Crippen LogP contribution in [0, 0.1) is 0 Å². The van der Waals surface area contributed by atoms with Gasteiger partial charge in [-0.05, 0) is 57.6 Å². The topological polar surface area (TPSA) is 74.2 Å². The first-order valence-electron chi connectivity index (χ1n) is 9.89. The van der Waals surface area contributed by atoms with Gasteiger partial charge in [-0.2, -0.15) is 0 Å². The second kappa shape index (κ2) is 10.8. The molecule has 0 aromatic heterocycles. The fraction of sp³-hybridized carbons (Fsp3) is 0.545. The highest BCUT2D eigenvalue weighted by Crippen LogP contribution is 2.21. The Labute approximate surface area is 178 Å². The molecule has 0 aliphatic carbocycles. The predicted octanol–water partition coefficient (Wildman–Crippen LogP) is 3.90. The van der Waals surface area contributed by atoms with Crippen LogP contribution >= 0.6 is 11.8 Å². The van der Waals surface area contributed by atoms with Gasteiger partial charge in [-0.3, -0.25) is 4.99 Å². The Kier molecular flexibility index (Phi) is 8.74. The van der Waals surface area contributed by atoms with Crippen molar-refractivity contribution in [3.05, 3.63) is 41.1 Å². The van der Waals surface area contributed by atoms with Crippen molar-refractivity contribution in [1.29, 1.82) is 0 Å². The summed E-state index contributed by atoms with van der Waals surface area (Å²) in [5.41, 5.74) is 4.52. The zero-order chi connectivity index (χ0) is 21.4. The fourth-order valence-corrected chi connectivity index (χ4v) is 3.43. The molecule has 0 radical (unpaired) electrons. The average Bonchev–Trinajstić information content (AvgIpc) is 3.01. The summed E-state index contributed by atoms with van der Waals surface area (Å²) in [4.78, 5) is 18.4. The van der Waals surface area contributed by atoms with Crippen LogP contribution in [-0.2, 0) is 11.3 Å². The number of β-amino-alcohol motifs (C(OH)–C–C–N with tert-alkyl or cyclic N) is 1. The van der Waals surface area contributed by atoms with Gasteiger partial charge in [-0.1, -0.05) is 24.3 Å². The van der Waals surface area contributed by atoms with Gasteiger partial charge in [-0.15, -0.1) is 11.8 Å². The number of nitrogens with zero attached hydrogens (tertiary/aromatic N) is 2. The monoisotopic (exact) mass is 419 g/mol. The molecule has 160 valence electrons. The second-order valence-electron chi connectivity index (χ2n) is 8.30. The van der Waals surface area contributed by atoms with Gasteiger partial charge in [0.05, 0.1) is 24.2 Å². The molecule has 1 aromatic carbocycles. The number of aliphatic imine (C=N–C) groups is 1. The molecule has 0 saturated carbocycles. The molecule has 1 aliphatic heterocycles. The fourth-order valence-electron chi connectivity index (χ4n) is 3.16. The highest BCUT2D eigenvalue weighted by atomic mass is 32.2.